The molecular formula is C12H20O5. The van der Waals surface area contributed by atoms with E-state index in [1.54, 1.807) is 0 Å². The third-order valence-electron chi connectivity index (χ3n) is 3.52. The molecule has 1 N–H and O–H groups in total. The van der Waals surface area contributed by atoms with E-state index in [1.807, 2.05) is 6.92 Å². The maximum Gasteiger partial charge on any atom is 0.323 e. The summed E-state index contributed by atoms with van der Waals surface area (Å²) in [5.74, 6) is -1.26. The van der Waals surface area contributed by atoms with Crippen LogP contribution in [-0.2, 0) is 19.1 Å². The monoisotopic (exact) mass is 244 g/mol. The van der Waals surface area contributed by atoms with E-state index in [4.69, 9.17) is 0 Å². The number of hydrogen-bond donors (Lipinski definition) is 1. The van der Waals surface area contributed by atoms with Gasteiger partial charge in [0.1, 0.15) is 0 Å². The van der Waals surface area contributed by atoms with Gasteiger partial charge in [0.15, 0.2) is 5.41 Å². The van der Waals surface area contributed by atoms with Crippen molar-refractivity contribution >= 4 is 11.9 Å². The summed E-state index contributed by atoms with van der Waals surface area (Å²) >= 11 is 0. The third-order valence-corrected chi connectivity index (χ3v) is 3.52. The standard InChI is InChI=1S/C12H20O5/c1-4-5-8-6-12(7-9(8)13,10(14)16-2)11(15)17-3/h8-9,13H,4-7H2,1-3H3/t8-,9+/m1/s1. The number of aliphatic hydroxyl groups is 1. The van der Waals surface area contributed by atoms with Gasteiger partial charge in [0.25, 0.3) is 0 Å². The van der Waals surface area contributed by atoms with Crippen molar-refractivity contribution in [3.8, 4) is 0 Å². The number of hydrogen-bond acceptors (Lipinski definition) is 5. The summed E-state index contributed by atoms with van der Waals surface area (Å²) in [7, 11) is 2.49. The number of carbonyl (C=O) groups is 2. The topological polar surface area (TPSA) is 72.8 Å². The second-order valence-electron chi connectivity index (χ2n) is 4.59. The van der Waals surface area contributed by atoms with Crippen molar-refractivity contribution in [2.45, 2.75) is 38.7 Å². The van der Waals surface area contributed by atoms with Crippen molar-refractivity contribution in [2.75, 3.05) is 14.2 Å². The molecule has 5 nitrogen and oxygen atoms in total. The van der Waals surface area contributed by atoms with Crippen molar-refractivity contribution in [3.63, 3.8) is 0 Å². The maximum absolute atomic E-state index is 11.8. The summed E-state index contributed by atoms with van der Waals surface area (Å²) in [6, 6.07) is 0. The van der Waals surface area contributed by atoms with Crippen LogP contribution in [0.5, 0.6) is 0 Å². The third kappa shape index (κ3) is 2.44. The number of esters is 2. The van der Waals surface area contributed by atoms with Gasteiger partial charge in [-0.1, -0.05) is 13.3 Å². The lowest BCUT2D eigenvalue weighted by atomic mass is 9.84. The fourth-order valence-electron chi connectivity index (χ4n) is 2.66. The highest BCUT2D eigenvalue weighted by Crippen LogP contribution is 2.45. The average molecular weight is 244 g/mol. The molecule has 98 valence electrons. The highest BCUT2D eigenvalue weighted by atomic mass is 16.5. The minimum atomic E-state index is -1.32. The molecule has 0 spiro atoms. The second kappa shape index (κ2) is 5.49. The highest BCUT2D eigenvalue weighted by molar-refractivity contribution is 6.00. The summed E-state index contributed by atoms with van der Waals surface area (Å²) in [5.41, 5.74) is -1.32. The van der Waals surface area contributed by atoms with Crippen molar-refractivity contribution in [1.29, 1.82) is 0 Å². The minimum absolute atomic E-state index is 0.0433. The Hall–Kier alpha value is -1.10. The van der Waals surface area contributed by atoms with E-state index in [9.17, 15) is 14.7 Å². The Morgan fingerprint density at radius 3 is 2.18 bits per heavy atom. The molecule has 1 fully saturated rings. The Bertz CT molecular complexity index is 283. The van der Waals surface area contributed by atoms with Crippen molar-refractivity contribution < 1.29 is 24.2 Å². The molecule has 0 radical (unpaired) electrons. The smallest absolute Gasteiger partial charge is 0.323 e. The first-order chi connectivity index (χ1) is 8.01. The van der Waals surface area contributed by atoms with E-state index in [0.29, 0.717) is 6.42 Å². The first-order valence-corrected chi connectivity index (χ1v) is 5.86. The van der Waals surface area contributed by atoms with Gasteiger partial charge in [-0.3, -0.25) is 9.59 Å². The Labute approximate surface area is 101 Å². The van der Waals surface area contributed by atoms with Gasteiger partial charge < -0.3 is 14.6 Å². The number of aliphatic hydroxyl groups excluding tert-OH is 1. The van der Waals surface area contributed by atoms with Gasteiger partial charge in [0.05, 0.1) is 20.3 Å². The predicted molar refractivity (Wildman–Crippen MR) is 60.1 cm³/mol. The zero-order valence-electron chi connectivity index (χ0n) is 10.6. The zero-order valence-corrected chi connectivity index (χ0v) is 10.6. The molecule has 1 saturated carbocycles. The molecule has 0 unspecified atom stereocenters. The quantitative estimate of drug-likeness (QED) is 0.587. The Kier molecular flexibility index (Phi) is 4.51. The van der Waals surface area contributed by atoms with E-state index in [-0.39, 0.29) is 12.3 Å². The van der Waals surface area contributed by atoms with E-state index in [1.165, 1.54) is 14.2 Å². The fourth-order valence-corrected chi connectivity index (χ4v) is 2.66. The molecular weight excluding hydrogens is 224 g/mol. The lowest BCUT2D eigenvalue weighted by molar-refractivity contribution is -0.169. The van der Waals surface area contributed by atoms with Crippen LogP contribution in [0.4, 0.5) is 0 Å². The van der Waals surface area contributed by atoms with Crippen LogP contribution in [0.15, 0.2) is 0 Å². The molecule has 0 heterocycles. The minimum Gasteiger partial charge on any atom is -0.468 e. The van der Waals surface area contributed by atoms with Crippen LogP contribution in [0.2, 0.25) is 0 Å². The number of carbonyl (C=O) groups excluding carboxylic acids is 2. The molecule has 17 heavy (non-hydrogen) atoms. The first kappa shape index (κ1) is 14.0. The largest absolute Gasteiger partial charge is 0.468 e. The Morgan fingerprint density at radius 2 is 1.76 bits per heavy atom. The van der Waals surface area contributed by atoms with E-state index < -0.39 is 23.5 Å². The molecule has 0 aromatic rings. The number of ether oxygens (including phenoxy) is 2. The molecule has 0 aromatic heterocycles. The molecule has 0 saturated heterocycles. The maximum atomic E-state index is 11.8. The Morgan fingerprint density at radius 1 is 1.24 bits per heavy atom. The van der Waals surface area contributed by atoms with Crippen molar-refractivity contribution in [2.24, 2.45) is 11.3 Å². The van der Waals surface area contributed by atoms with Crippen LogP contribution in [0.1, 0.15) is 32.6 Å². The lowest BCUT2D eigenvalue weighted by Gasteiger charge is -2.22. The summed E-state index contributed by atoms with van der Waals surface area (Å²) in [4.78, 5) is 23.6. The van der Waals surface area contributed by atoms with Gasteiger partial charge in [-0.2, -0.15) is 0 Å². The van der Waals surface area contributed by atoms with Gasteiger partial charge in [-0.15, -0.1) is 0 Å². The van der Waals surface area contributed by atoms with Gasteiger partial charge in [-0.25, -0.2) is 0 Å². The van der Waals surface area contributed by atoms with Crippen molar-refractivity contribution in [3.05, 3.63) is 0 Å². The molecule has 1 aliphatic carbocycles. The number of rotatable bonds is 4. The fraction of sp³-hybridized carbons (Fsp3) is 0.833. The van der Waals surface area contributed by atoms with Crippen LogP contribution in [-0.4, -0.2) is 37.4 Å². The van der Waals surface area contributed by atoms with E-state index in [2.05, 4.69) is 9.47 Å². The molecule has 0 amide bonds. The van der Waals surface area contributed by atoms with Crippen LogP contribution >= 0.6 is 0 Å². The van der Waals surface area contributed by atoms with E-state index in [0.717, 1.165) is 12.8 Å². The van der Waals surface area contributed by atoms with Crippen LogP contribution in [0, 0.1) is 11.3 Å². The molecule has 2 atom stereocenters. The molecule has 0 aliphatic heterocycles. The Balaban J connectivity index is 2.95. The summed E-state index contributed by atoms with van der Waals surface area (Å²) in [6.07, 6.45) is 1.45. The molecule has 1 rings (SSSR count). The first-order valence-electron chi connectivity index (χ1n) is 5.86. The summed E-state index contributed by atoms with van der Waals surface area (Å²) < 4.78 is 9.37. The van der Waals surface area contributed by atoms with Gasteiger partial charge in [-0.05, 0) is 18.8 Å². The molecule has 1 aliphatic rings. The zero-order chi connectivity index (χ0) is 13.1. The van der Waals surface area contributed by atoms with Gasteiger partial charge in [0, 0.05) is 6.42 Å². The number of methoxy groups -OCH3 is 2. The van der Waals surface area contributed by atoms with E-state index >= 15 is 0 Å². The van der Waals surface area contributed by atoms with Crippen LogP contribution < -0.4 is 0 Å². The molecule has 5 heteroatoms. The second-order valence-corrected chi connectivity index (χ2v) is 4.59. The average Bonchev–Trinajstić information content (AvgIpc) is 2.66. The lowest BCUT2D eigenvalue weighted by Crippen LogP contribution is -2.39. The summed E-state index contributed by atoms with van der Waals surface area (Å²) in [5, 5.41) is 9.93. The normalized spacial score (nSPS) is 26.6. The van der Waals surface area contributed by atoms with Crippen LogP contribution in [0.25, 0.3) is 0 Å². The predicted octanol–water partition coefficient (Wildman–Crippen LogP) is 0.890. The van der Waals surface area contributed by atoms with Crippen molar-refractivity contribution in [1.82, 2.24) is 0 Å². The molecule has 0 aromatic carbocycles. The SMILES string of the molecule is CCC[C@@H]1CC(C(=O)OC)(C(=O)OC)C[C@@H]1O. The summed E-state index contributed by atoms with van der Waals surface area (Å²) in [6.45, 7) is 2.00. The molecule has 0 bridgehead atoms. The van der Waals surface area contributed by atoms with Crippen LogP contribution in [0.3, 0.4) is 0 Å². The van der Waals surface area contributed by atoms with Gasteiger partial charge in [0.2, 0.25) is 0 Å². The highest BCUT2D eigenvalue weighted by Gasteiger charge is 2.56. The van der Waals surface area contributed by atoms with Gasteiger partial charge >= 0.3 is 11.9 Å².